The van der Waals surface area contributed by atoms with Crippen molar-refractivity contribution in [3.8, 4) is 0 Å². The van der Waals surface area contributed by atoms with Crippen LogP contribution in [0.25, 0.3) is 10.2 Å². The molecule has 0 aromatic carbocycles. The van der Waals surface area contributed by atoms with Crippen LogP contribution in [0.4, 0.5) is 0 Å². The number of hydrogen-bond acceptors (Lipinski definition) is 6. The van der Waals surface area contributed by atoms with Crippen LogP contribution in [-0.2, 0) is 11.3 Å². The van der Waals surface area contributed by atoms with E-state index in [1.807, 2.05) is 22.9 Å². The number of aromatic nitrogens is 2. The summed E-state index contributed by atoms with van der Waals surface area (Å²) in [6, 6.07) is 5.39. The minimum atomic E-state index is -0.198. The molecule has 0 radical (unpaired) electrons. The van der Waals surface area contributed by atoms with Gasteiger partial charge in [-0.3, -0.25) is 19.0 Å². The Morgan fingerprint density at radius 2 is 1.81 bits per heavy atom. The molecule has 9 heteroatoms. The second-order valence-electron chi connectivity index (χ2n) is 5.97. The molecule has 1 aliphatic heterocycles. The quantitative estimate of drug-likeness (QED) is 0.682. The lowest BCUT2D eigenvalue weighted by atomic mass is 10.3. The number of nitrogens with zero attached hydrogens (tertiary/aromatic N) is 4. The van der Waals surface area contributed by atoms with Gasteiger partial charge in [-0.15, -0.1) is 22.7 Å². The van der Waals surface area contributed by atoms with E-state index < -0.39 is 0 Å². The van der Waals surface area contributed by atoms with Crippen LogP contribution in [0.1, 0.15) is 9.67 Å². The van der Waals surface area contributed by atoms with E-state index >= 15 is 0 Å². The van der Waals surface area contributed by atoms with Crippen molar-refractivity contribution in [2.45, 2.75) is 6.54 Å². The van der Waals surface area contributed by atoms with E-state index in [4.69, 9.17) is 0 Å². The molecule has 0 unspecified atom stereocenters. The van der Waals surface area contributed by atoms with Crippen LogP contribution >= 0.6 is 22.7 Å². The van der Waals surface area contributed by atoms with Crippen molar-refractivity contribution < 1.29 is 9.59 Å². The first-order valence-electron chi connectivity index (χ1n) is 8.16. The highest BCUT2D eigenvalue weighted by atomic mass is 32.1. The molecule has 1 fully saturated rings. The molecular weight excluding hydrogens is 372 g/mol. The zero-order valence-corrected chi connectivity index (χ0v) is 15.5. The summed E-state index contributed by atoms with van der Waals surface area (Å²) < 4.78 is 1.35. The number of carbonyl (C=O) groups is 2. The fourth-order valence-electron chi connectivity index (χ4n) is 2.97. The number of thiophene rings is 2. The molecule has 1 aliphatic rings. The number of fused-ring (bicyclic) bond motifs is 1. The maximum Gasteiger partial charge on any atom is 0.264 e. The Morgan fingerprint density at radius 1 is 1.04 bits per heavy atom. The first-order chi connectivity index (χ1) is 12.6. The predicted molar refractivity (Wildman–Crippen MR) is 101 cm³/mol. The summed E-state index contributed by atoms with van der Waals surface area (Å²) in [4.78, 5) is 46.4. The number of amides is 2. The SMILES string of the molecule is O=C(Cn1cnc2sccc2c1=O)N1CCN(C(=O)c2cccs2)CC1. The van der Waals surface area contributed by atoms with Crippen LogP contribution in [0.5, 0.6) is 0 Å². The third-order valence-electron chi connectivity index (χ3n) is 4.41. The molecule has 4 rings (SSSR count). The Kier molecular flexibility index (Phi) is 4.56. The maximum atomic E-state index is 12.5. The van der Waals surface area contributed by atoms with Gasteiger partial charge in [0.2, 0.25) is 5.91 Å². The summed E-state index contributed by atoms with van der Waals surface area (Å²) in [7, 11) is 0. The van der Waals surface area contributed by atoms with Gasteiger partial charge < -0.3 is 9.80 Å². The topological polar surface area (TPSA) is 75.5 Å². The van der Waals surface area contributed by atoms with Gasteiger partial charge >= 0.3 is 0 Å². The Morgan fingerprint density at radius 3 is 2.54 bits per heavy atom. The lowest BCUT2D eigenvalue weighted by Gasteiger charge is -2.34. The molecule has 3 aromatic heterocycles. The van der Waals surface area contributed by atoms with Gasteiger partial charge in [-0.2, -0.15) is 0 Å². The van der Waals surface area contributed by atoms with Crippen molar-refractivity contribution in [1.82, 2.24) is 19.4 Å². The minimum absolute atomic E-state index is 0.00966. The first kappa shape index (κ1) is 16.9. The molecule has 26 heavy (non-hydrogen) atoms. The highest BCUT2D eigenvalue weighted by molar-refractivity contribution is 7.16. The van der Waals surface area contributed by atoms with Gasteiger partial charge in [-0.1, -0.05) is 6.07 Å². The van der Waals surface area contributed by atoms with E-state index in [2.05, 4.69) is 4.98 Å². The molecule has 2 amide bonds. The van der Waals surface area contributed by atoms with E-state index in [0.717, 1.165) is 0 Å². The molecular formula is C17H16N4O3S2. The minimum Gasteiger partial charge on any atom is -0.338 e. The maximum absolute atomic E-state index is 12.5. The molecule has 134 valence electrons. The Bertz CT molecular complexity index is 1000. The molecule has 4 heterocycles. The van der Waals surface area contributed by atoms with Crippen molar-refractivity contribution in [3.63, 3.8) is 0 Å². The van der Waals surface area contributed by atoms with Gasteiger partial charge in [-0.25, -0.2) is 4.98 Å². The summed E-state index contributed by atoms with van der Waals surface area (Å²) in [6.07, 6.45) is 1.43. The van der Waals surface area contributed by atoms with Crippen molar-refractivity contribution in [1.29, 1.82) is 0 Å². The molecule has 1 saturated heterocycles. The summed E-state index contributed by atoms with van der Waals surface area (Å²) in [6.45, 7) is 1.91. The van der Waals surface area contributed by atoms with Crippen LogP contribution in [0.3, 0.4) is 0 Å². The lowest BCUT2D eigenvalue weighted by Crippen LogP contribution is -2.51. The summed E-state index contributed by atoms with van der Waals surface area (Å²) >= 11 is 2.82. The van der Waals surface area contributed by atoms with E-state index in [-0.39, 0.29) is 23.9 Å². The van der Waals surface area contributed by atoms with Gasteiger partial charge in [0.25, 0.3) is 11.5 Å². The van der Waals surface area contributed by atoms with Gasteiger partial charge in [-0.05, 0) is 22.9 Å². The van der Waals surface area contributed by atoms with Gasteiger partial charge in [0, 0.05) is 26.2 Å². The lowest BCUT2D eigenvalue weighted by molar-refractivity contribution is -0.133. The molecule has 7 nitrogen and oxygen atoms in total. The number of rotatable bonds is 3. The van der Waals surface area contributed by atoms with E-state index in [9.17, 15) is 14.4 Å². The zero-order chi connectivity index (χ0) is 18.1. The highest BCUT2D eigenvalue weighted by Crippen LogP contribution is 2.15. The fourth-order valence-corrected chi connectivity index (χ4v) is 4.38. The van der Waals surface area contributed by atoms with Crippen molar-refractivity contribution in [2.24, 2.45) is 0 Å². The van der Waals surface area contributed by atoms with Crippen LogP contribution < -0.4 is 5.56 Å². The van der Waals surface area contributed by atoms with Gasteiger partial charge in [0.1, 0.15) is 11.4 Å². The molecule has 0 spiro atoms. The Hall–Kier alpha value is -2.52. The standard InChI is InChI=1S/C17H16N4O3S2/c22-14(10-21-11-18-15-12(16(21)23)3-9-26-15)19-4-6-20(7-5-19)17(24)13-2-1-8-25-13/h1-3,8-9,11H,4-7,10H2. The second kappa shape index (κ2) is 7.00. The molecule has 3 aromatic rings. The average Bonchev–Trinajstić information content (AvgIpc) is 3.35. The van der Waals surface area contributed by atoms with Crippen LogP contribution in [0.15, 0.2) is 40.1 Å². The monoisotopic (exact) mass is 388 g/mol. The molecule has 0 saturated carbocycles. The molecule has 0 bridgehead atoms. The smallest absolute Gasteiger partial charge is 0.264 e. The van der Waals surface area contributed by atoms with Gasteiger partial charge in [0.15, 0.2) is 0 Å². The highest BCUT2D eigenvalue weighted by Gasteiger charge is 2.25. The zero-order valence-electron chi connectivity index (χ0n) is 13.8. The summed E-state index contributed by atoms with van der Waals surface area (Å²) in [5.41, 5.74) is -0.198. The van der Waals surface area contributed by atoms with Crippen molar-refractivity contribution in [3.05, 3.63) is 50.5 Å². The number of carbonyl (C=O) groups excluding carboxylic acids is 2. The van der Waals surface area contributed by atoms with Crippen LogP contribution in [0.2, 0.25) is 0 Å². The van der Waals surface area contributed by atoms with E-state index in [1.165, 1.54) is 33.6 Å². The van der Waals surface area contributed by atoms with Crippen LogP contribution in [0, 0.1) is 0 Å². The predicted octanol–water partition coefficient (Wildman–Crippen LogP) is 1.50. The largest absolute Gasteiger partial charge is 0.338 e. The summed E-state index contributed by atoms with van der Waals surface area (Å²) in [5, 5.41) is 4.23. The molecule has 0 aliphatic carbocycles. The first-order valence-corrected chi connectivity index (χ1v) is 9.92. The average molecular weight is 388 g/mol. The fraction of sp³-hybridized carbons (Fsp3) is 0.294. The molecule has 0 N–H and O–H groups in total. The van der Waals surface area contributed by atoms with Crippen molar-refractivity contribution >= 4 is 44.7 Å². The van der Waals surface area contributed by atoms with Gasteiger partial charge in [0.05, 0.1) is 16.6 Å². The van der Waals surface area contributed by atoms with Crippen LogP contribution in [-0.4, -0.2) is 57.3 Å². The normalized spacial score (nSPS) is 14.8. The van der Waals surface area contributed by atoms with Crippen molar-refractivity contribution in [2.75, 3.05) is 26.2 Å². The van der Waals surface area contributed by atoms with E-state index in [0.29, 0.717) is 41.3 Å². The summed E-state index contributed by atoms with van der Waals surface area (Å²) in [5.74, 6) is -0.123. The molecule has 0 atom stereocenters. The second-order valence-corrected chi connectivity index (χ2v) is 7.81. The third-order valence-corrected chi connectivity index (χ3v) is 6.09. The van der Waals surface area contributed by atoms with E-state index in [1.54, 1.807) is 15.9 Å². The number of hydrogen-bond donors (Lipinski definition) is 0. The Balaban J connectivity index is 1.39. The number of piperazine rings is 1. The Labute approximate surface area is 157 Å². The third kappa shape index (κ3) is 3.15.